The highest BCUT2D eigenvalue weighted by Gasteiger charge is 2.70. The number of hydrogen-bond acceptors (Lipinski definition) is 7. The van der Waals surface area contributed by atoms with Gasteiger partial charge in [-0.15, -0.1) is 11.3 Å². The second-order valence-electron chi connectivity index (χ2n) is 18.8. The SMILES string of the molecule is CC1([C@H](NC(=O)c2cccs2)C(=O)N[C@H](C(=O)N2C[C@H]3[C@@H]([C@H]2C(=O)NC(CC2CCC2)C(=O)C(=O)NC2CC2)C3(C)C)C2(C)CCCCC2)CCCCC1. The quantitative estimate of drug-likeness (QED) is 0.189. The summed E-state index contributed by atoms with van der Waals surface area (Å²) in [5.41, 5.74) is -1.20. The van der Waals surface area contributed by atoms with Gasteiger partial charge in [-0.25, -0.2) is 0 Å². The van der Waals surface area contributed by atoms with E-state index in [1.165, 1.54) is 11.3 Å². The maximum absolute atomic E-state index is 15.2. The topological polar surface area (TPSA) is 154 Å². The third-order valence-electron chi connectivity index (χ3n) is 14.5. The van der Waals surface area contributed by atoms with E-state index in [0.29, 0.717) is 17.8 Å². The second-order valence-corrected chi connectivity index (χ2v) is 19.8. The summed E-state index contributed by atoms with van der Waals surface area (Å²) in [5, 5.41) is 14.0. The van der Waals surface area contributed by atoms with Gasteiger partial charge in [0.15, 0.2) is 0 Å². The van der Waals surface area contributed by atoms with Crippen LogP contribution in [-0.2, 0) is 24.0 Å². The van der Waals surface area contributed by atoms with Gasteiger partial charge in [0.25, 0.3) is 11.8 Å². The lowest BCUT2D eigenvalue weighted by Gasteiger charge is -2.45. The molecule has 12 heteroatoms. The Morgan fingerprint density at radius 3 is 1.98 bits per heavy atom. The zero-order chi connectivity index (χ0) is 38.4. The van der Waals surface area contributed by atoms with Gasteiger partial charge in [0, 0.05) is 12.6 Å². The first kappa shape index (κ1) is 39.0. The van der Waals surface area contributed by atoms with Crippen molar-refractivity contribution in [1.29, 1.82) is 0 Å². The van der Waals surface area contributed by atoms with Crippen molar-refractivity contribution in [2.45, 2.75) is 161 Å². The summed E-state index contributed by atoms with van der Waals surface area (Å²) in [6, 6.07) is 0.0924. The summed E-state index contributed by atoms with van der Waals surface area (Å²) in [6.07, 6.45) is 14.1. The van der Waals surface area contributed by atoms with Crippen molar-refractivity contribution in [3.05, 3.63) is 22.4 Å². The molecule has 1 aliphatic heterocycles. The van der Waals surface area contributed by atoms with E-state index >= 15 is 4.79 Å². The van der Waals surface area contributed by atoms with Crippen LogP contribution in [0.4, 0.5) is 0 Å². The molecule has 0 spiro atoms. The average Bonchev–Trinajstić information content (AvgIpc) is 3.82. The molecule has 1 aromatic heterocycles. The maximum Gasteiger partial charge on any atom is 0.289 e. The van der Waals surface area contributed by atoms with Gasteiger partial charge in [0.1, 0.15) is 18.1 Å². The normalized spacial score (nSPS) is 28.3. The van der Waals surface area contributed by atoms with Crippen LogP contribution in [0.15, 0.2) is 17.5 Å². The summed E-state index contributed by atoms with van der Waals surface area (Å²) in [7, 11) is 0. The van der Waals surface area contributed by atoms with Crippen LogP contribution in [0.1, 0.15) is 140 Å². The van der Waals surface area contributed by atoms with Gasteiger partial charge in [0.2, 0.25) is 23.5 Å². The van der Waals surface area contributed by atoms with Crippen molar-refractivity contribution in [2.24, 2.45) is 34.0 Å². The second kappa shape index (κ2) is 15.3. The smallest absolute Gasteiger partial charge is 0.289 e. The van der Waals surface area contributed by atoms with E-state index < -0.39 is 52.6 Å². The zero-order valence-electron chi connectivity index (χ0n) is 32.7. The number of nitrogens with one attached hydrogen (secondary N) is 4. The molecule has 2 heterocycles. The van der Waals surface area contributed by atoms with Crippen LogP contribution in [0.3, 0.4) is 0 Å². The van der Waals surface area contributed by atoms with Crippen LogP contribution < -0.4 is 21.3 Å². The highest BCUT2D eigenvalue weighted by molar-refractivity contribution is 7.12. The molecule has 5 saturated carbocycles. The number of carbonyl (C=O) groups excluding carboxylic acids is 6. The van der Waals surface area contributed by atoms with E-state index in [1.807, 2.05) is 11.4 Å². The molecule has 54 heavy (non-hydrogen) atoms. The van der Waals surface area contributed by atoms with Crippen LogP contribution in [0, 0.1) is 34.0 Å². The highest BCUT2D eigenvalue weighted by Crippen LogP contribution is 2.65. The summed E-state index contributed by atoms with van der Waals surface area (Å²) >= 11 is 1.33. The van der Waals surface area contributed by atoms with Crippen molar-refractivity contribution >= 4 is 46.7 Å². The lowest BCUT2D eigenvalue weighted by atomic mass is 9.68. The van der Waals surface area contributed by atoms with Gasteiger partial charge in [0.05, 0.1) is 10.9 Å². The molecule has 1 unspecified atom stereocenters. The third-order valence-corrected chi connectivity index (χ3v) is 15.4. The van der Waals surface area contributed by atoms with E-state index in [0.717, 1.165) is 96.3 Å². The van der Waals surface area contributed by atoms with Crippen molar-refractivity contribution in [3.63, 3.8) is 0 Å². The standard InChI is InChI=1S/C42H61N5O6S/c1-40(2)27-24-47(31(30(27)40)36(50)44-28(23-25-13-11-14-25)32(48)37(51)43-26-16-17-26)39(53)34(42(4)20-9-6-10-21-42)46-38(52)33(41(3)18-7-5-8-19-41)45-35(49)29-15-12-22-54-29/h12,15,22,25-28,30-31,33-34H,5-11,13-14,16-21,23-24H2,1-4H3,(H,43,51)(H,44,50)(H,45,49)(H,46,52)/t27-,28?,30-,31-,33+,34+/m0/s1. The van der Waals surface area contributed by atoms with E-state index in [1.54, 1.807) is 11.0 Å². The van der Waals surface area contributed by atoms with Crippen LogP contribution in [0.2, 0.25) is 0 Å². The molecule has 0 bridgehead atoms. The molecule has 6 fully saturated rings. The molecular weight excluding hydrogens is 703 g/mol. The molecular formula is C42H61N5O6S. The van der Waals surface area contributed by atoms with Crippen LogP contribution >= 0.6 is 11.3 Å². The number of amides is 5. The molecule has 6 atom stereocenters. The minimum atomic E-state index is -0.949. The molecule has 1 aromatic rings. The van der Waals surface area contributed by atoms with Crippen LogP contribution in [-0.4, -0.2) is 77.0 Å². The predicted octanol–water partition coefficient (Wildman–Crippen LogP) is 5.28. The Morgan fingerprint density at radius 2 is 1.43 bits per heavy atom. The monoisotopic (exact) mass is 763 g/mol. The number of nitrogens with zero attached hydrogens (tertiary/aromatic N) is 1. The summed E-state index contributed by atoms with van der Waals surface area (Å²) in [6.45, 7) is 8.79. The molecule has 0 radical (unpaired) electrons. The molecule has 7 rings (SSSR count). The van der Waals surface area contributed by atoms with Crippen molar-refractivity contribution < 1.29 is 28.8 Å². The number of rotatable bonds is 14. The molecule has 0 aromatic carbocycles. The number of ketones is 1. The molecule has 6 aliphatic rings. The Kier molecular flexibility index (Phi) is 11.1. The van der Waals surface area contributed by atoms with Gasteiger partial charge < -0.3 is 26.2 Å². The Bertz CT molecular complexity index is 1610. The molecule has 4 N–H and O–H groups in total. The fourth-order valence-corrected chi connectivity index (χ4v) is 11.0. The number of fused-ring (bicyclic) bond motifs is 1. The van der Waals surface area contributed by atoms with Gasteiger partial charge in [-0.1, -0.05) is 91.5 Å². The lowest BCUT2D eigenvalue weighted by Crippen LogP contribution is -2.64. The first-order chi connectivity index (χ1) is 25.7. The Morgan fingerprint density at radius 1 is 0.796 bits per heavy atom. The fourth-order valence-electron chi connectivity index (χ4n) is 10.4. The molecule has 5 amide bonds. The predicted molar refractivity (Wildman–Crippen MR) is 206 cm³/mol. The first-order valence-corrected chi connectivity index (χ1v) is 21.7. The third kappa shape index (κ3) is 7.87. The summed E-state index contributed by atoms with van der Waals surface area (Å²) in [4.78, 5) is 86.6. The minimum Gasteiger partial charge on any atom is -0.347 e. The van der Waals surface area contributed by atoms with Crippen LogP contribution in [0.5, 0.6) is 0 Å². The maximum atomic E-state index is 15.2. The summed E-state index contributed by atoms with van der Waals surface area (Å²) in [5.74, 6) is -2.31. The average molecular weight is 764 g/mol. The molecule has 1 saturated heterocycles. The molecule has 5 aliphatic carbocycles. The molecule has 296 valence electrons. The van der Waals surface area contributed by atoms with E-state index in [9.17, 15) is 24.0 Å². The van der Waals surface area contributed by atoms with E-state index in [-0.39, 0.29) is 46.9 Å². The Hall–Kier alpha value is -3.28. The van der Waals surface area contributed by atoms with E-state index in [2.05, 4.69) is 49.0 Å². The lowest BCUT2D eigenvalue weighted by molar-refractivity contribution is -0.148. The van der Waals surface area contributed by atoms with Gasteiger partial charge in [-0.3, -0.25) is 28.8 Å². The number of thiophene rings is 1. The van der Waals surface area contributed by atoms with Crippen molar-refractivity contribution in [2.75, 3.05) is 6.54 Å². The molecule has 11 nitrogen and oxygen atoms in total. The fraction of sp³-hybridized carbons (Fsp3) is 0.762. The van der Waals surface area contributed by atoms with Crippen LogP contribution in [0.25, 0.3) is 0 Å². The Labute approximate surface area is 324 Å². The number of piperidine rings is 1. The highest BCUT2D eigenvalue weighted by atomic mass is 32.1. The van der Waals surface area contributed by atoms with Crippen molar-refractivity contribution in [3.8, 4) is 0 Å². The minimum absolute atomic E-state index is 0.0232. The zero-order valence-corrected chi connectivity index (χ0v) is 33.5. The van der Waals surface area contributed by atoms with Crippen molar-refractivity contribution in [1.82, 2.24) is 26.2 Å². The number of hydrogen-bond donors (Lipinski definition) is 4. The largest absolute Gasteiger partial charge is 0.347 e. The Balaban J connectivity index is 1.15. The van der Waals surface area contributed by atoms with Gasteiger partial charge in [-0.2, -0.15) is 0 Å². The van der Waals surface area contributed by atoms with Gasteiger partial charge >= 0.3 is 0 Å². The number of carbonyl (C=O) groups is 6. The first-order valence-electron chi connectivity index (χ1n) is 20.8. The number of Topliss-reactive ketones (excluding diaryl/α,β-unsaturated/α-hetero) is 1. The summed E-state index contributed by atoms with van der Waals surface area (Å²) < 4.78 is 0. The van der Waals surface area contributed by atoms with E-state index in [4.69, 9.17) is 0 Å². The van der Waals surface area contributed by atoms with Gasteiger partial charge in [-0.05, 0) is 90.4 Å². The number of likely N-dealkylation sites (tertiary alicyclic amines) is 1.